The number of hydrogen-bond donors (Lipinski definition) is 3. The SMILES string of the molecule is CCCC(NC(=O)CCN(CC(=O)Nc1c(C)cccc1C)C1CC1)C(=O)O. The lowest BCUT2D eigenvalue weighted by molar-refractivity contribution is -0.142. The third-order valence-electron chi connectivity index (χ3n) is 4.99. The summed E-state index contributed by atoms with van der Waals surface area (Å²) in [6.45, 7) is 6.46. The number of nitrogens with zero attached hydrogens (tertiary/aromatic N) is 1. The van der Waals surface area contributed by atoms with Gasteiger partial charge < -0.3 is 15.7 Å². The van der Waals surface area contributed by atoms with Gasteiger partial charge in [-0.15, -0.1) is 0 Å². The highest BCUT2D eigenvalue weighted by Gasteiger charge is 2.31. The summed E-state index contributed by atoms with van der Waals surface area (Å²) in [4.78, 5) is 37.9. The lowest BCUT2D eigenvalue weighted by Gasteiger charge is -2.22. The van der Waals surface area contributed by atoms with E-state index >= 15 is 0 Å². The number of anilines is 1. The van der Waals surface area contributed by atoms with E-state index < -0.39 is 12.0 Å². The fourth-order valence-electron chi connectivity index (χ4n) is 3.26. The van der Waals surface area contributed by atoms with Crippen LogP contribution in [-0.2, 0) is 14.4 Å². The van der Waals surface area contributed by atoms with E-state index in [1.165, 1.54) is 0 Å². The molecule has 0 bridgehead atoms. The van der Waals surface area contributed by atoms with Crippen LogP contribution in [0.5, 0.6) is 0 Å². The minimum Gasteiger partial charge on any atom is -0.480 e. The Kier molecular flexibility index (Phi) is 7.99. The maximum Gasteiger partial charge on any atom is 0.326 e. The monoisotopic (exact) mass is 389 g/mol. The van der Waals surface area contributed by atoms with Crippen molar-refractivity contribution in [1.82, 2.24) is 10.2 Å². The van der Waals surface area contributed by atoms with Crippen LogP contribution in [0.4, 0.5) is 5.69 Å². The van der Waals surface area contributed by atoms with Gasteiger partial charge >= 0.3 is 5.97 Å². The number of aliphatic carboxylic acids is 1. The van der Waals surface area contributed by atoms with Crippen LogP contribution in [-0.4, -0.2) is 53.0 Å². The molecule has 0 aliphatic heterocycles. The molecular formula is C21H31N3O4. The van der Waals surface area contributed by atoms with E-state index in [2.05, 4.69) is 10.6 Å². The Hall–Kier alpha value is -2.41. The van der Waals surface area contributed by atoms with Gasteiger partial charge in [-0.1, -0.05) is 31.5 Å². The number of nitrogens with one attached hydrogen (secondary N) is 2. The molecule has 28 heavy (non-hydrogen) atoms. The maximum atomic E-state index is 12.5. The minimum absolute atomic E-state index is 0.0981. The van der Waals surface area contributed by atoms with Gasteiger partial charge in [0.1, 0.15) is 6.04 Å². The molecule has 0 heterocycles. The van der Waals surface area contributed by atoms with Crippen molar-refractivity contribution in [2.45, 2.75) is 65.0 Å². The number of hydrogen-bond acceptors (Lipinski definition) is 4. The predicted octanol–water partition coefficient (Wildman–Crippen LogP) is 2.47. The third-order valence-corrected chi connectivity index (χ3v) is 4.99. The van der Waals surface area contributed by atoms with Gasteiger partial charge in [-0.05, 0) is 44.2 Å². The van der Waals surface area contributed by atoms with Gasteiger partial charge in [0.15, 0.2) is 0 Å². The number of carbonyl (C=O) groups excluding carboxylic acids is 2. The summed E-state index contributed by atoms with van der Waals surface area (Å²) in [5.41, 5.74) is 2.87. The molecule has 1 unspecified atom stereocenters. The van der Waals surface area contributed by atoms with E-state index in [1.54, 1.807) is 0 Å². The Balaban J connectivity index is 1.87. The summed E-state index contributed by atoms with van der Waals surface area (Å²) < 4.78 is 0. The zero-order valence-corrected chi connectivity index (χ0v) is 17.0. The minimum atomic E-state index is -1.01. The topological polar surface area (TPSA) is 98.7 Å². The Bertz CT molecular complexity index is 695. The van der Waals surface area contributed by atoms with Crippen molar-refractivity contribution >= 4 is 23.5 Å². The molecule has 0 spiro atoms. The third kappa shape index (κ3) is 6.64. The van der Waals surface area contributed by atoms with Crippen molar-refractivity contribution in [2.24, 2.45) is 0 Å². The summed E-state index contributed by atoms with van der Waals surface area (Å²) in [6.07, 6.45) is 3.31. The second-order valence-corrected chi connectivity index (χ2v) is 7.51. The molecule has 1 aromatic carbocycles. The molecule has 0 radical (unpaired) electrons. The van der Waals surface area contributed by atoms with E-state index in [0.717, 1.165) is 29.7 Å². The Morgan fingerprint density at radius 1 is 1.18 bits per heavy atom. The zero-order chi connectivity index (χ0) is 20.7. The molecule has 154 valence electrons. The van der Waals surface area contributed by atoms with Gasteiger partial charge in [0, 0.05) is 24.7 Å². The molecular weight excluding hydrogens is 358 g/mol. The molecule has 7 nitrogen and oxygen atoms in total. The second-order valence-electron chi connectivity index (χ2n) is 7.51. The molecule has 1 aliphatic rings. The molecule has 1 aromatic rings. The zero-order valence-electron chi connectivity index (χ0n) is 17.0. The fourth-order valence-corrected chi connectivity index (χ4v) is 3.26. The molecule has 7 heteroatoms. The second kappa shape index (κ2) is 10.2. The number of carbonyl (C=O) groups is 3. The van der Waals surface area contributed by atoms with Gasteiger partial charge in [-0.2, -0.15) is 0 Å². The summed E-state index contributed by atoms with van der Waals surface area (Å²) >= 11 is 0. The van der Waals surface area contributed by atoms with Crippen LogP contribution in [0.15, 0.2) is 18.2 Å². The van der Waals surface area contributed by atoms with E-state index in [4.69, 9.17) is 5.11 Å². The highest BCUT2D eigenvalue weighted by molar-refractivity contribution is 5.93. The summed E-state index contributed by atoms with van der Waals surface area (Å²) in [6, 6.07) is 5.35. The number of carboxylic acids is 1. The van der Waals surface area contributed by atoms with Crippen molar-refractivity contribution in [1.29, 1.82) is 0 Å². The summed E-state index contributed by atoms with van der Waals surface area (Å²) in [5, 5.41) is 14.7. The molecule has 2 amide bonds. The van der Waals surface area contributed by atoms with Crippen molar-refractivity contribution in [3.05, 3.63) is 29.3 Å². The normalized spacial score (nSPS) is 14.6. The first kappa shape index (κ1) is 21.9. The van der Waals surface area contributed by atoms with Crippen LogP contribution < -0.4 is 10.6 Å². The summed E-state index contributed by atoms with van der Waals surface area (Å²) in [5.74, 6) is -1.40. The van der Waals surface area contributed by atoms with Crippen LogP contribution in [0.25, 0.3) is 0 Å². The Labute approximate surface area is 166 Å². The van der Waals surface area contributed by atoms with Crippen LogP contribution in [0.1, 0.15) is 50.2 Å². The number of aryl methyl sites for hydroxylation is 2. The number of para-hydroxylation sites is 1. The average molecular weight is 389 g/mol. The average Bonchev–Trinajstić information content (AvgIpc) is 3.46. The van der Waals surface area contributed by atoms with E-state index in [-0.39, 0.29) is 24.8 Å². The van der Waals surface area contributed by atoms with Gasteiger partial charge in [0.2, 0.25) is 11.8 Å². The Morgan fingerprint density at radius 2 is 1.82 bits per heavy atom. The van der Waals surface area contributed by atoms with Gasteiger partial charge in [-0.3, -0.25) is 14.5 Å². The highest BCUT2D eigenvalue weighted by Crippen LogP contribution is 2.27. The van der Waals surface area contributed by atoms with Gasteiger partial charge in [0.25, 0.3) is 0 Å². The van der Waals surface area contributed by atoms with E-state index in [0.29, 0.717) is 25.4 Å². The van der Waals surface area contributed by atoms with Gasteiger partial charge in [-0.25, -0.2) is 4.79 Å². The van der Waals surface area contributed by atoms with Gasteiger partial charge in [0.05, 0.1) is 6.54 Å². The largest absolute Gasteiger partial charge is 0.480 e. The molecule has 0 aromatic heterocycles. The van der Waals surface area contributed by atoms with Crippen molar-refractivity contribution in [2.75, 3.05) is 18.4 Å². The molecule has 2 rings (SSSR count). The first-order chi connectivity index (χ1) is 13.3. The van der Waals surface area contributed by atoms with E-state index in [9.17, 15) is 14.4 Å². The predicted molar refractivity (Wildman–Crippen MR) is 108 cm³/mol. The quantitative estimate of drug-likeness (QED) is 0.540. The number of benzene rings is 1. The number of carboxylic acid groups (broad SMARTS) is 1. The molecule has 1 fully saturated rings. The van der Waals surface area contributed by atoms with Crippen LogP contribution in [0.2, 0.25) is 0 Å². The van der Waals surface area contributed by atoms with Crippen LogP contribution in [0.3, 0.4) is 0 Å². The molecule has 3 N–H and O–H groups in total. The Morgan fingerprint density at radius 3 is 2.36 bits per heavy atom. The van der Waals surface area contributed by atoms with Crippen molar-refractivity contribution in [3.8, 4) is 0 Å². The lowest BCUT2D eigenvalue weighted by atomic mass is 10.1. The smallest absolute Gasteiger partial charge is 0.326 e. The van der Waals surface area contributed by atoms with Crippen LogP contribution >= 0.6 is 0 Å². The first-order valence-electron chi connectivity index (χ1n) is 9.94. The molecule has 0 saturated heterocycles. The first-order valence-corrected chi connectivity index (χ1v) is 9.94. The standard InChI is InChI=1S/C21H31N3O4/c1-4-6-17(21(27)28)22-18(25)11-12-24(16-9-10-16)13-19(26)23-20-14(2)7-5-8-15(20)3/h5,7-8,16-17H,4,6,9-13H2,1-3H3,(H,22,25)(H,23,26)(H,27,28). The highest BCUT2D eigenvalue weighted by atomic mass is 16.4. The number of rotatable bonds is 11. The van der Waals surface area contributed by atoms with E-state index in [1.807, 2.05) is 43.9 Å². The molecule has 1 saturated carbocycles. The van der Waals surface area contributed by atoms with Crippen molar-refractivity contribution < 1.29 is 19.5 Å². The lowest BCUT2D eigenvalue weighted by Crippen LogP contribution is -2.43. The fraction of sp³-hybridized carbons (Fsp3) is 0.571. The van der Waals surface area contributed by atoms with Crippen LogP contribution in [0, 0.1) is 13.8 Å². The van der Waals surface area contributed by atoms with Crippen molar-refractivity contribution in [3.63, 3.8) is 0 Å². The molecule has 1 aliphatic carbocycles. The summed E-state index contributed by atoms with van der Waals surface area (Å²) in [7, 11) is 0. The maximum absolute atomic E-state index is 12.5. The number of amides is 2. The molecule has 1 atom stereocenters.